The molecule has 0 bridgehead atoms. The lowest BCUT2D eigenvalue weighted by Crippen LogP contribution is -2.41. The number of methoxy groups -OCH3 is 2. The summed E-state index contributed by atoms with van der Waals surface area (Å²) in [7, 11) is 2.86. The average molecular weight is 457 g/mol. The van der Waals surface area contributed by atoms with Crippen LogP contribution in [0.15, 0.2) is 24.3 Å². The minimum atomic E-state index is -0.486. The molecule has 0 N–H and O–H groups in total. The highest BCUT2D eigenvalue weighted by atomic mass is 16.5. The Morgan fingerprint density at radius 1 is 1.21 bits per heavy atom. The molecule has 33 heavy (non-hydrogen) atoms. The van der Waals surface area contributed by atoms with Crippen molar-refractivity contribution in [1.29, 1.82) is 0 Å². The van der Waals surface area contributed by atoms with E-state index in [0.29, 0.717) is 53.5 Å². The van der Waals surface area contributed by atoms with Crippen LogP contribution in [0.5, 0.6) is 5.75 Å². The Morgan fingerprint density at radius 2 is 1.97 bits per heavy atom. The summed E-state index contributed by atoms with van der Waals surface area (Å²) in [5.41, 5.74) is 2.51. The summed E-state index contributed by atoms with van der Waals surface area (Å²) in [6.45, 7) is 6.83. The second-order valence-electron chi connectivity index (χ2n) is 8.15. The second kappa shape index (κ2) is 10.7. The van der Waals surface area contributed by atoms with Crippen molar-refractivity contribution in [1.82, 2.24) is 9.47 Å². The third-order valence-electron chi connectivity index (χ3n) is 6.13. The molecule has 3 rings (SSSR count). The average Bonchev–Trinajstić information content (AvgIpc) is 3.42. The number of carbonyl (C=O) groups excluding carboxylic acids is 3. The van der Waals surface area contributed by atoms with Gasteiger partial charge in [-0.3, -0.25) is 9.59 Å². The minimum absolute atomic E-state index is 0.111. The lowest BCUT2D eigenvalue weighted by molar-refractivity contribution is 0.0506. The zero-order chi connectivity index (χ0) is 24.1. The van der Waals surface area contributed by atoms with Gasteiger partial charge in [-0.1, -0.05) is 6.07 Å². The first-order valence-corrected chi connectivity index (χ1v) is 11.2. The number of benzene rings is 1. The highest BCUT2D eigenvalue weighted by Crippen LogP contribution is 2.25. The molecular formula is C25H32N2O6. The number of ether oxygens (including phenoxy) is 3. The van der Waals surface area contributed by atoms with E-state index in [4.69, 9.17) is 14.2 Å². The van der Waals surface area contributed by atoms with Gasteiger partial charge in [0.25, 0.3) is 5.91 Å². The van der Waals surface area contributed by atoms with Gasteiger partial charge < -0.3 is 23.7 Å². The number of aromatic nitrogens is 1. The molecule has 1 atom stereocenters. The molecule has 1 aromatic heterocycles. The Labute approximate surface area is 194 Å². The van der Waals surface area contributed by atoms with Crippen molar-refractivity contribution in [2.75, 3.05) is 33.9 Å². The first-order chi connectivity index (χ1) is 15.8. The highest BCUT2D eigenvalue weighted by molar-refractivity contribution is 6.06. The van der Waals surface area contributed by atoms with Crippen LogP contribution in [-0.4, -0.2) is 67.1 Å². The fourth-order valence-electron chi connectivity index (χ4n) is 4.51. The smallest absolute Gasteiger partial charge is 0.354 e. The molecule has 0 radical (unpaired) electrons. The number of esters is 1. The first-order valence-electron chi connectivity index (χ1n) is 11.2. The zero-order valence-corrected chi connectivity index (χ0v) is 20.0. The summed E-state index contributed by atoms with van der Waals surface area (Å²) in [6.07, 6.45) is 1.66. The second-order valence-corrected chi connectivity index (χ2v) is 8.15. The van der Waals surface area contributed by atoms with E-state index in [-0.39, 0.29) is 24.3 Å². The van der Waals surface area contributed by atoms with Gasteiger partial charge in [0.05, 0.1) is 26.9 Å². The molecule has 2 heterocycles. The maximum absolute atomic E-state index is 13.5. The summed E-state index contributed by atoms with van der Waals surface area (Å²) in [4.78, 5) is 40.8. The van der Waals surface area contributed by atoms with Crippen molar-refractivity contribution in [3.05, 3.63) is 52.3 Å². The topological polar surface area (TPSA) is 87.1 Å². The van der Waals surface area contributed by atoms with Gasteiger partial charge in [0.1, 0.15) is 11.4 Å². The molecule has 8 heteroatoms. The van der Waals surface area contributed by atoms with E-state index in [9.17, 15) is 14.4 Å². The molecule has 1 saturated heterocycles. The van der Waals surface area contributed by atoms with Crippen molar-refractivity contribution < 1.29 is 28.6 Å². The largest absolute Gasteiger partial charge is 0.497 e. The monoisotopic (exact) mass is 456 g/mol. The van der Waals surface area contributed by atoms with Crippen LogP contribution >= 0.6 is 0 Å². The molecule has 0 unspecified atom stereocenters. The van der Waals surface area contributed by atoms with E-state index in [0.717, 1.165) is 12.8 Å². The number of Topliss-reactive ketones (excluding diaryl/α,β-unsaturated/α-hetero) is 1. The van der Waals surface area contributed by atoms with Gasteiger partial charge in [0, 0.05) is 36.5 Å². The molecule has 0 spiro atoms. The predicted octanol–water partition coefficient (Wildman–Crippen LogP) is 3.42. The molecule has 0 saturated carbocycles. The van der Waals surface area contributed by atoms with Crippen molar-refractivity contribution in [2.45, 2.75) is 46.3 Å². The molecule has 1 aromatic carbocycles. The van der Waals surface area contributed by atoms with Crippen LogP contribution in [-0.2, 0) is 16.0 Å². The Kier molecular flexibility index (Phi) is 7.92. The quantitative estimate of drug-likeness (QED) is 0.424. The van der Waals surface area contributed by atoms with Crippen LogP contribution in [0, 0.1) is 13.8 Å². The SMILES string of the molecule is CCn1c(C)c(C(=O)CN(C[C@@H]2CCCO2)C(=O)c2cccc(OC)c2)c(C)c1C(=O)OC. The summed E-state index contributed by atoms with van der Waals surface area (Å²) in [5.74, 6) is -0.411. The normalized spacial score (nSPS) is 15.4. The summed E-state index contributed by atoms with van der Waals surface area (Å²) in [6, 6.07) is 6.88. The van der Waals surface area contributed by atoms with Gasteiger partial charge in [-0.15, -0.1) is 0 Å². The van der Waals surface area contributed by atoms with E-state index in [1.54, 1.807) is 42.9 Å². The van der Waals surface area contributed by atoms with Crippen LogP contribution in [0.1, 0.15) is 62.2 Å². The van der Waals surface area contributed by atoms with Crippen LogP contribution in [0.3, 0.4) is 0 Å². The van der Waals surface area contributed by atoms with E-state index in [1.807, 2.05) is 13.8 Å². The molecule has 178 valence electrons. The molecule has 8 nitrogen and oxygen atoms in total. The minimum Gasteiger partial charge on any atom is -0.497 e. The number of hydrogen-bond acceptors (Lipinski definition) is 6. The van der Waals surface area contributed by atoms with Crippen molar-refractivity contribution >= 4 is 17.7 Å². The van der Waals surface area contributed by atoms with Gasteiger partial charge in [0.2, 0.25) is 0 Å². The predicted molar refractivity (Wildman–Crippen MR) is 123 cm³/mol. The van der Waals surface area contributed by atoms with E-state index in [2.05, 4.69) is 0 Å². The number of rotatable bonds is 9. The van der Waals surface area contributed by atoms with Crippen LogP contribution < -0.4 is 4.74 Å². The summed E-state index contributed by atoms with van der Waals surface area (Å²) in [5, 5.41) is 0. The Bertz CT molecular complexity index is 1040. The van der Waals surface area contributed by atoms with E-state index in [1.165, 1.54) is 12.0 Å². The van der Waals surface area contributed by atoms with E-state index < -0.39 is 5.97 Å². The molecule has 1 fully saturated rings. The third-order valence-corrected chi connectivity index (χ3v) is 6.13. The van der Waals surface area contributed by atoms with Gasteiger partial charge in [0.15, 0.2) is 5.78 Å². The molecule has 0 aliphatic carbocycles. The van der Waals surface area contributed by atoms with Gasteiger partial charge >= 0.3 is 5.97 Å². The molecule has 1 aliphatic rings. The lowest BCUT2D eigenvalue weighted by Gasteiger charge is -2.25. The summed E-state index contributed by atoms with van der Waals surface area (Å²) < 4.78 is 17.7. The lowest BCUT2D eigenvalue weighted by atomic mass is 10.0. The van der Waals surface area contributed by atoms with Crippen LogP contribution in [0.25, 0.3) is 0 Å². The molecular weight excluding hydrogens is 424 g/mol. The van der Waals surface area contributed by atoms with Gasteiger partial charge in [-0.25, -0.2) is 4.79 Å². The fourth-order valence-corrected chi connectivity index (χ4v) is 4.51. The maximum Gasteiger partial charge on any atom is 0.354 e. The van der Waals surface area contributed by atoms with Crippen LogP contribution in [0.2, 0.25) is 0 Å². The standard InChI is InChI=1S/C25H32N2O6/c1-6-27-17(3)22(16(2)23(27)25(30)32-5)21(28)15-26(14-20-11-8-12-33-20)24(29)18-9-7-10-19(13-18)31-4/h7,9-10,13,20H,6,8,11-12,14-15H2,1-5H3/t20-/m0/s1. The summed E-state index contributed by atoms with van der Waals surface area (Å²) >= 11 is 0. The highest BCUT2D eigenvalue weighted by Gasteiger charge is 2.30. The van der Waals surface area contributed by atoms with Crippen molar-refractivity contribution in [3.8, 4) is 5.75 Å². The van der Waals surface area contributed by atoms with Gasteiger partial charge in [-0.2, -0.15) is 0 Å². The van der Waals surface area contributed by atoms with Crippen molar-refractivity contribution in [2.24, 2.45) is 0 Å². The number of carbonyl (C=O) groups is 3. The third kappa shape index (κ3) is 5.11. The Morgan fingerprint density at radius 3 is 2.58 bits per heavy atom. The molecule has 1 aliphatic heterocycles. The fraction of sp³-hybridized carbons (Fsp3) is 0.480. The number of amides is 1. The van der Waals surface area contributed by atoms with Gasteiger partial charge in [-0.05, 0) is 57.4 Å². The Hall–Kier alpha value is -3.13. The molecule has 1 amide bonds. The van der Waals surface area contributed by atoms with Crippen LogP contribution in [0.4, 0.5) is 0 Å². The molecule has 2 aromatic rings. The number of ketones is 1. The van der Waals surface area contributed by atoms with Crippen molar-refractivity contribution in [3.63, 3.8) is 0 Å². The number of hydrogen-bond donors (Lipinski definition) is 0. The maximum atomic E-state index is 13.5. The zero-order valence-electron chi connectivity index (χ0n) is 20.0. The van der Waals surface area contributed by atoms with E-state index >= 15 is 0 Å². The first kappa shape index (κ1) is 24.5. The number of nitrogens with zero attached hydrogens (tertiary/aromatic N) is 2. The Balaban J connectivity index is 1.94.